The summed E-state index contributed by atoms with van der Waals surface area (Å²) in [6, 6.07) is 0. The summed E-state index contributed by atoms with van der Waals surface area (Å²) in [5.41, 5.74) is 5.29. The molecule has 0 N–H and O–H groups in total. The van der Waals surface area contributed by atoms with Crippen molar-refractivity contribution in [3.63, 3.8) is 0 Å². The highest BCUT2D eigenvalue weighted by atomic mass is 16.5. The third-order valence-corrected chi connectivity index (χ3v) is 3.84. The summed E-state index contributed by atoms with van der Waals surface area (Å²) in [7, 11) is 0. The highest BCUT2D eigenvalue weighted by Crippen LogP contribution is 2.40. The smallest absolute Gasteiger partial charge is 0.334 e. The van der Waals surface area contributed by atoms with Gasteiger partial charge in [-0.1, -0.05) is 5.57 Å². The fourth-order valence-electron chi connectivity index (χ4n) is 2.83. The maximum atomic E-state index is 11.9. The van der Waals surface area contributed by atoms with Gasteiger partial charge in [0.05, 0.1) is 0 Å². The summed E-state index contributed by atoms with van der Waals surface area (Å²) in [6.45, 7) is 5.65. The van der Waals surface area contributed by atoms with Gasteiger partial charge < -0.3 is 4.74 Å². The number of ether oxygens (including phenoxy) is 1. The van der Waals surface area contributed by atoms with Gasteiger partial charge >= 0.3 is 5.97 Å². The Morgan fingerprint density at radius 2 is 1.89 bits per heavy atom. The molecule has 1 unspecified atom stereocenters. The first-order chi connectivity index (χ1) is 8.49. The average molecular weight is 242 g/mol. The molecule has 0 aromatic rings. The van der Waals surface area contributed by atoms with Gasteiger partial charge in [-0.05, 0) is 44.1 Å². The van der Waals surface area contributed by atoms with E-state index in [1.54, 1.807) is 13.0 Å². The molecule has 3 nitrogen and oxygen atoms in total. The van der Waals surface area contributed by atoms with E-state index in [9.17, 15) is 9.59 Å². The summed E-state index contributed by atoms with van der Waals surface area (Å²) in [4.78, 5) is 23.5. The Hall–Kier alpha value is -1.90. The SMILES string of the molecule is CC1=CC(=O)C2=C(C)CC3OC(=O)C(C)=C3C=C12. The zero-order chi connectivity index (χ0) is 13.0. The molecule has 3 aliphatic rings. The molecule has 0 saturated carbocycles. The predicted octanol–water partition coefficient (Wildman–Crippen LogP) is 2.40. The Morgan fingerprint density at radius 3 is 2.61 bits per heavy atom. The lowest BCUT2D eigenvalue weighted by molar-refractivity contribution is -0.139. The van der Waals surface area contributed by atoms with E-state index in [4.69, 9.17) is 4.74 Å². The Balaban J connectivity index is 2.22. The number of ketones is 1. The van der Waals surface area contributed by atoms with Crippen molar-refractivity contribution in [3.05, 3.63) is 45.6 Å². The first kappa shape index (κ1) is 11.2. The summed E-state index contributed by atoms with van der Waals surface area (Å²) in [5.74, 6) is -0.171. The Bertz CT molecular complexity index is 612. The molecule has 18 heavy (non-hydrogen) atoms. The molecule has 0 spiro atoms. The third-order valence-electron chi connectivity index (χ3n) is 3.84. The molecule has 1 atom stereocenters. The molecule has 1 heterocycles. The molecule has 0 aromatic carbocycles. The van der Waals surface area contributed by atoms with Crippen LogP contribution in [0.15, 0.2) is 45.6 Å². The Kier molecular flexibility index (Phi) is 2.21. The number of carbonyl (C=O) groups is 2. The molecule has 1 aliphatic heterocycles. The van der Waals surface area contributed by atoms with Crippen LogP contribution in [0.5, 0.6) is 0 Å². The lowest BCUT2D eigenvalue weighted by Crippen LogP contribution is -2.11. The largest absolute Gasteiger partial charge is 0.454 e. The normalized spacial score (nSPS) is 26.7. The maximum absolute atomic E-state index is 11.9. The molecule has 0 bridgehead atoms. The van der Waals surface area contributed by atoms with E-state index in [0.717, 1.165) is 27.9 Å². The topological polar surface area (TPSA) is 43.4 Å². The zero-order valence-corrected chi connectivity index (χ0v) is 10.7. The van der Waals surface area contributed by atoms with E-state index >= 15 is 0 Å². The van der Waals surface area contributed by atoms with E-state index in [1.807, 2.05) is 19.9 Å². The van der Waals surface area contributed by atoms with E-state index in [0.29, 0.717) is 12.0 Å². The van der Waals surface area contributed by atoms with Gasteiger partial charge in [0.2, 0.25) is 0 Å². The number of hydrogen-bond donors (Lipinski definition) is 0. The fourth-order valence-corrected chi connectivity index (χ4v) is 2.83. The fraction of sp³-hybridized carbons (Fsp3) is 0.333. The highest BCUT2D eigenvalue weighted by molar-refractivity contribution is 6.14. The molecular weight excluding hydrogens is 228 g/mol. The average Bonchev–Trinajstić information content (AvgIpc) is 2.65. The molecule has 3 heteroatoms. The van der Waals surface area contributed by atoms with E-state index in [1.165, 1.54) is 0 Å². The van der Waals surface area contributed by atoms with E-state index in [-0.39, 0.29) is 17.9 Å². The highest BCUT2D eigenvalue weighted by Gasteiger charge is 2.36. The first-order valence-corrected chi connectivity index (χ1v) is 6.05. The van der Waals surface area contributed by atoms with Gasteiger partial charge in [0.25, 0.3) is 0 Å². The third kappa shape index (κ3) is 1.37. The number of esters is 1. The van der Waals surface area contributed by atoms with Gasteiger partial charge in [-0.2, -0.15) is 0 Å². The maximum Gasteiger partial charge on any atom is 0.334 e. The molecule has 0 saturated heterocycles. The lowest BCUT2D eigenvalue weighted by atomic mass is 9.99. The molecular formula is C15H14O3. The lowest BCUT2D eigenvalue weighted by Gasteiger charge is -2.10. The molecule has 0 amide bonds. The second-order valence-electron chi connectivity index (χ2n) is 5.08. The summed E-state index contributed by atoms with van der Waals surface area (Å²) in [6.07, 6.45) is 4.01. The van der Waals surface area contributed by atoms with Crippen molar-refractivity contribution < 1.29 is 14.3 Å². The first-order valence-electron chi connectivity index (χ1n) is 6.05. The minimum absolute atomic E-state index is 0.0702. The second-order valence-corrected chi connectivity index (χ2v) is 5.08. The Morgan fingerprint density at radius 1 is 1.17 bits per heavy atom. The quantitative estimate of drug-likeness (QED) is 0.613. The zero-order valence-electron chi connectivity index (χ0n) is 10.7. The van der Waals surface area contributed by atoms with Gasteiger partial charge in [-0.15, -0.1) is 0 Å². The van der Waals surface area contributed by atoms with Crippen LogP contribution in [-0.4, -0.2) is 17.9 Å². The van der Waals surface area contributed by atoms with Crippen LogP contribution in [0.25, 0.3) is 0 Å². The second kappa shape index (κ2) is 3.55. The van der Waals surface area contributed by atoms with Crippen molar-refractivity contribution in [3.8, 4) is 0 Å². The van der Waals surface area contributed by atoms with E-state index in [2.05, 4.69) is 0 Å². The molecule has 2 aliphatic carbocycles. The van der Waals surface area contributed by atoms with Crippen LogP contribution in [0.3, 0.4) is 0 Å². The number of rotatable bonds is 0. The molecule has 0 radical (unpaired) electrons. The Labute approximate surface area is 106 Å². The van der Waals surface area contributed by atoms with Gasteiger partial charge in [0.15, 0.2) is 5.78 Å². The standard InChI is InChI=1S/C15H14O3/c1-7-4-12(16)14-8(2)5-13-11(6-10(7)14)9(3)15(17)18-13/h4,6,13H,5H2,1-3H3. The number of carbonyl (C=O) groups excluding carboxylic acids is 2. The molecule has 3 rings (SSSR count). The minimum Gasteiger partial charge on any atom is -0.454 e. The number of hydrogen-bond acceptors (Lipinski definition) is 3. The summed E-state index contributed by atoms with van der Waals surface area (Å²) >= 11 is 0. The number of allylic oxidation sites excluding steroid dienone is 4. The van der Waals surface area contributed by atoms with Crippen LogP contribution < -0.4 is 0 Å². The van der Waals surface area contributed by atoms with Crippen LogP contribution in [-0.2, 0) is 14.3 Å². The summed E-state index contributed by atoms with van der Waals surface area (Å²) < 4.78 is 5.34. The van der Waals surface area contributed by atoms with Crippen LogP contribution in [0.4, 0.5) is 0 Å². The van der Waals surface area contributed by atoms with Crippen molar-refractivity contribution >= 4 is 11.8 Å². The number of fused-ring (bicyclic) bond motifs is 2. The van der Waals surface area contributed by atoms with Crippen LogP contribution in [0.1, 0.15) is 27.2 Å². The predicted molar refractivity (Wildman–Crippen MR) is 66.7 cm³/mol. The van der Waals surface area contributed by atoms with Gasteiger partial charge in [-0.25, -0.2) is 4.79 Å². The van der Waals surface area contributed by atoms with E-state index < -0.39 is 0 Å². The van der Waals surface area contributed by atoms with Crippen molar-refractivity contribution in [1.82, 2.24) is 0 Å². The van der Waals surface area contributed by atoms with Crippen molar-refractivity contribution in [2.45, 2.75) is 33.3 Å². The van der Waals surface area contributed by atoms with Crippen molar-refractivity contribution in [2.75, 3.05) is 0 Å². The van der Waals surface area contributed by atoms with Gasteiger partial charge in [-0.3, -0.25) is 4.79 Å². The molecule has 0 aromatic heterocycles. The van der Waals surface area contributed by atoms with Crippen LogP contribution in [0.2, 0.25) is 0 Å². The van der Waals surface area contributed by atoms with Gasteiger partial charge in [0, 0.05) is 23.1 Å². The van der Waals surface area contributed by atoms with Crippen LogP contribution in [0, 0.1) is 0 Å². The van der Waals surface area contributed by atoms with Crippen LogP contribution >= 0.6 is 0 Å². The minimum atomic E-state index is -0.242. The van der Waals surface area contributed by atoms with Gasteiger partial charge in [0.1, 0.15) is 6.10 Å². The van der Waals surface area contributed by atoms with Crippen molar-refractivity contribution in [2.24, 2.45) is 0 Å². The molecule has 92 valence electrons. The monoisotopic (exact) mass is 242 g/mol. The van der Waals surface area contributed by atoms with Crippen molar-refractivity contribution in [1.29, 1.82) is 0 Å². The summed E-state index contributed by atoms with van der Waals surface area (Å²) in [5, 5.41) is 0. The molecule has 0 fully saturated rings.